The van der Waals surface area contributed by atoms with Crippen LogP contribution in [0.2, 0.25) is 0 Å². The normalized spacial score (nSPS) is 39.3. The van der Waals surface area contributed by atoms with Crippen molar-refractivity contribution in [2.24, 2.45) is 17.8 Å². The number of hydrogen-bond acceptors (Lipinski definition) is 1. The summed E-state index contributed by atoms with van der Waals surface area (Å²) in [6.07, 6.45) is 1.05. The Hall–Kier alpha value is -0.0200. The SMILES string of the molecule is C=S1(=O)CCC(C(C)C)C(C(C)C)N1. The molecule has 0 aromatic rings. The van der Waals surface area contributed by atoms with E-state index in [1.807, 2.05) is 0 Å². The molecule has 0 radical (unpaired) electrons. The highest BCUT2D eigenvalue weighted by Gasteiger charge is 2.33. The predicted molar refractivity (Wildman–Crippen MR) is 64.8 cm³/mol. The van der Waals surface area contributed by atoms with Gasteiger partial charge in [-0.2, -0.15) is 0 Å². The van der Waals surface area contributed by atoms with Crippen molar-refractivity contribution in [3.8, 4) is 0 Å². The number of nitrogens with one attached hydrogen (secondary N) is 1. The summed E-state index contributed by atoms with van der Waals surface area (Å²) < 4.78 is 15.1. The summed E-state index contributed by atoms with van der Waals surface area (Å²) in [5.74, 6) is 6.34. The highest BCUT2D eigenvalue weighted by Crippen LogP contribution is 2.28. The molecule has 1 heterocycles. The zero-order valence-electron chi connectivity index (χ0n) is 9.75. The lowest BCUT2D eigenvalue weighted by atomic mass is 9.81. The molecule has 3 atom stereocenters. The molecule has 3 heteroatoms. The van der Waals surface area contributed by atoms with E-state index in [0.29, 0.717) is 23.8 Å². The van der Waals surface area contributed by atoms with Gasteiger partial charge in [-0.1, -0.05) is 27.7 Å². The lowest BCUT2D eigenvalue weighted by molar-refractivity contribution is 0.237. The highest BCUT2D eigenvalue weighted by atomic mass is 32.2. The highest BCUT2D eigenvalue weighted by molar-refractivity contribution is 7.98. The molecule has 0 aromatic heterocycles. The van der Waals surface area contributed by atoms with Crippen LogP contribution in [0.5, 0.6) is 0 Å². The van der Waals surface area contributed by atoms with Gasteiger partial charge in [0.15, 0.2) is 0 Å². The van der Waals surface area contributed by atoms with Gasteiger partial charge < -0.3 is 0 Å². The van der Waals surface area contributed by atoms with Gasteiger partial charge in [0.25, 0.3) is 0 Å². The third-order valence-electron chi connectivity index (χ3n) is 3.17. The van der Waals surface area contributed by atoms with Crippen LogP contribution in [0.4, 0.5) is 0 Å². The number of hydrogen-bond donors (Lipinski definition) is 1. The van der Waals surface area contributed by atoms with Gasteiger partial charge in [0.05, 0.1) is 0 Å². The quantitative estimate of drug-likeness (QED) is 0.703. The number of rotatable bonds is 2. The maximum Gasteiger partial charge on any atom is 0.0292 e. The van der Waals surface area contributed by atoms with E-state index in [1.54, 1.807) is 0 Å². The van der Waals surface area contributed by atoms with Crippen molar-refractivity contribution in [3.63, 3.8) is 0 Å². The first-order valence-corrected chi connectivity index (χ1v) is 7.35. The van der Waals surface area contributed by atoms with E-state index in [-0.39, 0.29) is 0 Å². The topological polar surface area (TPSA) is 29.1 Å². The maximum absolute atomic E-state index is 11.9. The van der Waals surface area contributed by atoms with Crippen molar-refractivity contribution in [2.45, 2.75) is 40.2 Å². The summed E-state index contributed by atoms with van der Waals surface area (Å²) in [5.41, 5.74) is 0. The average Bonchev–Trinajstić information content (AvgIpc) is 2.01. The Kier molecular flexibility index (Phi) is 3.64. The van der Waals surface area contributed by atoms with Gasteiger partial charge >= 0.3 is 0 Å². The Balaban J connectivity index is 2.81. The van der Waals surface area contributed by atoms with Crippen LogP contribution in [0.1, 0.15) is 34.1 Å². The summed E-state index contributed by atoms with van der Waals surface area (Å²) in [6, 6.07) is 0.369. The van der Waals surface area contributed by atoms with E-state index in [0.717, 1.165) is 12.2 Å². The van der Waals surface area contributed by atoms with Crippen LogP contribution in [0.25, 0.3) is 0 Å². The Bertz CT molecular complexity index is 280. The fourth-order valence-electron chi connectivity index (χ4n) is 2.28. The molecule has 84 valence electrons. The van der Waals surface area contributed by atoms with E-state index in [2.05, 4.69) is 38.3 Å². The minimum Gasteiger partial charge on any atom is -0.253 e. The molecule has 3 unspecified atom stereocenters. The van der Waals surface area contributed by atoms with Crippen LogP contribution in [0.3, 0.4) is 0 Å². The Morgan fingerprint density at radius 2 is 1.86 bits per heavy atom. The molecule has 1 saturated heterocycles. The fourth-order valence-corrected chi connectivity index (χ4v) is 3.99. The molecular formula is C11H23NOS. The first kappa shape index (κ1) is 12.1. The average molecular weight is 217 g/mol. The molecule has 1 aliphatic rings. The van der Waals surface area contributed by atoms with Crippen molar-refractivity contribution >= 4 is 15.6 Å². The lowest BCUT2D eigenvalue weighted by Crippen LogP contribution is -2.50. The smallest absolute Gasteiger partial charge is 0.0292 e. The molecule has 0 amide bonds. The Labute approximate surface area is 88.6 Å². The molecule has 2 nitrogen and oxygen atoms in total. The second-order valence-corrected chi connectivity index (χ2v) is 7.37. The van der Waals surface area contributed by atoms with Crippen molar-refractivity contribution in [2.75, 3.05) is 5.75 Å². The maximum atomic E-state index is 11.9. The van der Waals surface area contributed by atoms with Crippen LogP contribution in [0.15, 0.2) is 0 Å². The van der Waals surface area contributed by atoms with E-state index in [1.165, 1.54) is 0 Å². The van der Waals surface area contributed by atoms with Gasteiger partial charge in [-0.3, -0.25) is 4.21 Å². The van der Waals surface area contributed by atoms with E-state index >= 15 is 0 Å². The monoisotopic (exact) mass is 217 g/mol. The van der Waals surface area contributed by atoms with Crippen LogP contribution in [-0.2, 0) is 9.71 Å². The molecule has 14 heavy (non-hydrogen) atoms. The van der Waals surface area contributed by atoms with Crippen molar-refractivity contribution < 1.29 is 4.21 Å². The van der Waals surface area contributed by atoms with Gasteiger partial charge in [0, 0.05) is 21.5 Å². The molecule has 1 N–H and O–H groups in total. The zero-order chi connectivity index (χ0) is 10.9. The lowest BCUT2D eigenvalue weighted by Gasteiger charge is -2.39. The molecular weight excluding hydrogens is 194 g/mol. The van der Waals surface area contributed by atoms with E-state index in [9.17, 15) is 4.21 Å². The molecule has 0 bridgehead atoms. The van der Waals surface area contributed by atoms with Crippen molar-refractivity contribution in [1.82, 2.24) is 4.72 Å². The second kappa shape index (κ2) is 4.23. The molecule has 1 aliphatic heterocycles. The molecule has 0 saturated carbocycles. The predicted octanol–water partition coefficient (Wildman–Crippen LogP) is 1.91. The van der Waals surface area contributed by atoms with Gasteiger partial charge in [-0.15, -0.1) is 0 Å². The van der Waals surface area contributed by atoms with Gasteiger partial charge in [0.1, 0.15) is 0 Å². The van der Waals surface area contributed by atoms with Crippen LogP contribution in [-0.4, -0.2) is 21.9 Å². The second-order valence-electron chi connectivity index (χ2n) is 5.10. The Morgan fingerprint density at radius 1 is 1.29 bits per heavy atom. The zero-order valence-corrected chi connectivity index (χ0v) is 10.6. The van der Waals surface area contributed by atoms with E-state index in [4.69, 9.17) is 0 Å². The third-order valence-corrected chi connectivity index (χ3v) is 4.76. The largest absolute Gasteiger partial charge is 0.253 e. The summed E-state index contributed by atoms with van der Waals surface area (Å²) in [7, 11) is -1.99. The van der Waals surface area contributed by atoms with Crippen molar-refractivity contribution in [1.29, 1.82) is 0 Å². The minimum absolute atomic E-state index is 0.369. The van der Waals surface area contributed by atoms with Gasteiger partial charge in [-0.25, -0.2) is 4.72 Å². The van der Waals surface area contributed by atoms with Crippen LogP contribution in [0, 0.1) is 17.8 Å². The van der Waals surface area contributed by atoms with Gasteiger partial charge in [-0.05, 0) is 30.0 Å². The molecule has 0 aliphatic carbocycles. The van der Waals surface area contributed by atoms with E-state index < -0.39 is 9.71 Å². The first-order chi connectivity index (χ1) is 6.33. The summed E-state index contributed by atoms with van der Waals surface area (Å²) in [6.45, 7) is 8.87. The molecule has 1 fully saturated rings. The van der Waals surface area contributed by atoms with Crippen molar-refractivity contribution in [3.05, 3.63) is 0 Å². The van der Waals surface area contributed by atoms with Crippen LogP contribution < -0.4 is 4.72 Å². The standard InChI is InChI=1S/C11H23NOS/c1-8(2)10-6-7-14(5,13)12-11(10)9(3)4/h8-11H,5-7H2,1-4H3,(H,12,13). The Morgan fingerprint density at radius 3 is 2.29 bits per heavy atom. The molecule has 0 aromatic carbocycles. The fraction of sp³-hybridized carbons (Fsp3) is 0.909. The minimum atomic E-state index is -1.99. The summed E-state index contributed by atoms with van der Waals surface area (Å²) in [4.78, 5) is 0. The van der Waals surface area contributed by atoms with Gasteiger partial charge in [0.2, 0.25) is 0 Å². The summed E-state index contributed by atoms with van der Waals surface area (Å²) in [5, 5.41) is 0. The molecule has 1 rings (SSSR count). The molecule has 0 spiro atoms. The first-order valence-electron chi connectivity index (χ1n) is 5.45. The third kappa shape index (κ3) is 2.74. The van der Waals surface area contributed by atoms with Crippen LogP contribution >= 0.6 is 0 Å². The summed E-state index contributed by atoms with van der Waals surface area (Å²) >= 11 is 0.